The van der Waals surface area contributed by atoms with Gasteiger partial charge >= 0.3 is 0 Å². The minimum absolute atomic E-state index is 0.0424. The lowest BCUT2D eigenvalue weighted by Gasteiger charge is -2.22. The van der Waals surface area contributed by atoms with Crippen LogP contribution in [0.3, 0.4) is 0 Å². The van der Waals surface area contributed by atoms with Gasteiger partial charge in [-0.15, -0.1) is 0 Å². The van der Waals surface area contributed by atoms with E-state index in [1.54, 1.807) is 19.1 Å². The zero-order valence-corrected chi connectivity index (χ0v) is 17.6. The Morgan fingerprint density at radius 3 is 2.75 bits per heavy atom. The number of carbonyl (C=O) groups excluding carboxylic acids is 2. The molecular weight excluding hydrogens is 409 g/mol. The molecule has 4 rings (SSSR count). The second-order valence-electron chi connectivity index (χ2n) is 8.01. The van der Waals surface area contributed by atoms with Crippen LogP contribution in [0.15, 0.2) is 53.9 Å². The molecule has 0 saturated heterocycles. The number of aromatic nitrogens is 2. The summed E-state index contributed by atoms with van der Waals surface area (Å²) in [6.07, 6.45) is 7.36. The Morgan fingerprint density at radius 1 is 1.22 bits per heavy atom. The third-order valence-corrected chi connectivity index (χ3v) is 5.89. The molecule has 1 aromatic heterocycles. The van der Waals surface area contributed by atoms with Crippen molar-refractivity contribution in [1.29, 1.82) is 5.26 Å². The minimum Gasteiger partial charge on any atom is -0.347 e. The number of hydrogen-bond donors (Lipinski definition) is 2. The second kappa shape index (κ2) is 9.10. The van der Waals surface area contributed by atoms with Crippen LogP contribution >= 0.6 is 0 Å². The van der Waals surface area contributed by atoms with Gasteiger partial charge in [-0.25, -0.2) is 14.4 Å². The SMILES string of the molecule is Cc1cc(CNC(=O)c2cc(C(=O)N[C@@H]3CCC4=CC(C#N)=CCC43)ncn2)ccc1F. The number of halogens is 1. The van der Waals surface area contributed by atoms with Crippen LogP contribution in [0.5, 0.6) is 0 Å². The van der Waals surface area contributed by atoms with Gasteiger partial charge in [0.05, 0.1) is 6.07 Å². The fourth-order valence-corrected chi connectivity index (χ4v) is 4.16. The quantitative estimate of drug-likeness (QED) is 0.756. The predicted molar refractivity (Wildman–Crippen MR) is 115 cm³/mol. The van der Waals surface area contributed by atoms with Crippen LogP contribution in [0.25, 0.3) is 0 Å². The molecule has 1 heterocycles. The standard InChI is InChI=1S/C24H22FN5O2/c1-14-8-16(3-6-19(14)25)12-27-23(31)21-10-22(29-13-28-21)24(32)30-20-7-4-17-9-15(11-26)2-5-18(17)20/h2-3,6,8-10,13,18,20H,4-5,7,12H2,1H3,(H,27,31)(H,30,32)/t18?,20-/m1/s1. The van der Waals surface area contributed by atoms with E-state index >= 15 is 0 Å². The zero-order chi connectivity index (χ0) is 22.7. The summed E-state index contributed by atoms with van der Waals surface area (Å²) in [4.78, 5) is 33.2. The molecule has 8 heteroatoms. The van der Waals surface area contributed by atoms with Crippen molar-refractivity contribution in [1.82, 2.24) is 20.6 Å². The van der Waals surface area contributed by atoms with E-state index in [4.69, 9.17) is 5.26 Å². The molecule has 0 spiro atoms. The summed E-state index contributed by atoms with van der Waals surface area (Å²) in [6, 6.07) is 8.11. The van der Waals surface area contributed by atoms with Gasteiger partial charge in [-0.3, -0.25) is 9.59 Å². The van der Waals surface area contributed by atoms with Crippen LogP contribution in [0, 0.1) is 30.0 Å². The van der Waals surface area contributed by atoms with Gasteiger partial charge in [-0.05, 0) is 49.5 Å². The number of rotatable bonds is 5. The summed E-state index contributed by atoms with van der Waals surface area (Å²) in [7, 11) is 0. The first kappa shape index (κ1) is 21.4. The lowest BCUT2D eigenvalue weighted by molar-refractivity contribution is 0.0924. The van der Waals surface area contributed by atoms with Crippen molar-refractivity contribution in [2.45, 2.75) is 38.8 Å². The van der Waals surface area contributed by atoms with Gasteiger partial charge in [0, 0.05) is 30.1 Å². The molecule has 2 aromatic rings. The fraction of sp³-hybridized carbons (Fsp3) is 0.292. The molecule has 32 heavy (non-hydrogen) atoms. The molecule has 2 N–H and O–H groups in total. The lowest BCUT2D eigenvalue weighted by Crippen LogP contribution is -2.38. The van der Waals surface area contributed by atoms with Gasteiger partial charge in [-0.2, -0.15) is 5.26 Å². The molecule has 0 radical (unpaired) electrons. The Hall–Kier alpha value is -3.86. The number of nitrogens with one attached hydrogen (secondary N) is 2. The summed E-state index contributed by atoms with van der Waals surface area (Å²) in [5.74, 6) is -0.932. The first-order chi connectivity index (χ1) is 15.4. The Balaban J connectivity index is 1.38. The smallest absolute Gasteiger partial charge is 0.270 e. The number of amides is 2. The van der Waals surface area contributed by atoms with Crippen molar-refractivity contribution in [3.8, 4) is 6.07 Å². The highest BCUT2D eigenvalue weighted by molar-refractivity contribution is 5.97. The summed E-state index contributed by atoms with van der Waals surface area (Å²) in [5.41, 5.74) is 3.31. The number of nitriles is 1. The van der Waals surface area contributed by atoms with Gasteiger partial charge in [0.25, 0.3) is 11.8 Å². The van der Waals surface area contributed by atoms with Crippen molar-refractivity contribution in [3.05, 3.63) is 82.2 Å². The Labute approximate surface area is 185 Å². The molecule has 0 bridgehead atoms. The maximum Gasteiger partial charge on any atom is 0.270 e. The third kappa shape index (κ3) is 4.57. The molecular formula is C24H22FN5O2. The highest BCUT2D eigenvalue weighted by Crippen LogP contribution is 2.38. The van der Waals surface area contributed by atoms with Crippen LogP contribution in [0.2, 0.25) is 0 Å². The average Bonchev–Trinajstić information content (AvgIpc) is 3.21. The van der Waals surface area contributed by atoms with Gasteiger partial charge in [0.1, 0.15) is 23.5 Å². The number of allylic oxidation sites excluding steroid dienone is 3. The molecule has 2 aliphatic carbocycles. The Morgan fingerprint density at radius 2 is 2.00 bits per heavy atom. The van der Waals surface area contributed by atoms with Gasteiger partial charge < -0.3 is 10.6 Å². The number of fused-ring (bicyclic) bond motifs is 1. The summed E-state index contributed by atoms with van der Waals surface area (Å²) >= 11 is 0. The molecule has 2 amide bonds. The normalized spacial score (nSPS) is 19.3. The predicted octanol–water partition coefficient (Wildman–Crippen LogP) is 3.14. The van der Waals surface area contributed by atoms with E-state index < -0.39 is 5.91 Å². The van der Waals surface area contributed by atoms with Gasteiger partial charge in [0.15, 0.2) is 0 Å². The highest BCUT2D eigenvalue weighted by Gasteiger charge is 2.34. The van der Waals surface area contributed by atoms with Crippen molar-refractivity contribution in [2.24, 2.45) is 5.92 Å². The number of hydrogen-bond acceptors (Lipinski definition) is 5. The number of nitrogens with zero attached hydrogens (tertiary/aromatic N) is 3. The first-order valence-electron chi connectivity index (χ1n) is 10.4. The van der Waals surface area contributed by atoms with E-state index in [0.717, 1.165) is 24.8 Å². The van der Waals surface area contributed by atoms with Crippen LogP contribution < -0.4 is 10.6 Å². The van der Waals surface area contributed by atoms with E-state index in [2.05, 4.69) is 26.7 Å². The third-order valence-electron chi connectivity index (χ3n) is 5.89. The summed E-state index contributed by atoms with van der Waals surface area (Å²) in [5, 5.41) is 14.8. The monoisotopic (exact) mass is 431 g/mol. The zero-order valence-electron chi connectivity index (χ0n) is 17.6. The van der Waals surface area contributed by atoms with Crippen molar-refractivity contribution in [3.63, 3.8) is 0 Å². The second-order valence-corrected chi connectivity index (χ2v) is 8.01. The van der Waals surface area contributed by atoms with E-state index in [9.17, 15) is 14.0 Å². The molecule has 2 aliphatic rings. The van der Waals surface area contributed by atoms with Crippen molar-refractivity contribution in [2.75, 3.05) is 0 Å². The first-order valence-corrected chi connectivity index (χ1v) is 10.4. The lowest BCUT2D eigenvalue weighted by atomic mass is 9.89. The van der Waals surface area contributed by atoms with E-state index in [-0.39, 0.29) is 41.6 Å². The maximum absolute atomic E-state index is 13.4. The summed E-state index contributed by atoms with van der Waals surface area (Å²) < 4.78 is 13.4. The Kier molecular flexibility index (Phi) is 6.08. The Bertz CT molecular complexity index is 1180. The van der Waals surface area contributed by atoms with Crippen LogP contribution in [-0.4, -0.2) is 27.8 Å². The molecule has 0 aliphatic heterocycles. The van der Waals surface area contributed by atoms with Crippen molar-refractivity contribution >= 4 is 11.8 Å². The van der Waals surface area contributed by atoms with Crippen LogP contribution in [-0.2, 0) is 6.54 Å². The molecule has 7 nitrogen and oxygen atoms in total. The van der Waals surface area contributed by atoms with Gasteiger partial charge in [-0.1, -0.05) is 23.8 Å². The van der Waals surface area contributed by atoms with Crippen LogP contribution in [0.4, 0.5) is 4.39 Å². The average molecular weight is 431 g/mol. The highest BCUT2D eigenvalue weighted by atomic mass is 19.1. The van der Waals surface area contributed by atoms with Gasteiger partial charge in [0.2, 0.25) is 0 Å². The molecule has 2 atom stereocenters. The maximum atomic E-state index is 13.4. The molecule has 1 aromatic carbocycles. The largest absolute Gasteiger partial charge is 0.347 e. The fourth-order valence-electron chi connectivity index (χ4n) is 4.16. The van der Waals surface area contributed by atoms with E-state index in [0.29, 0.717) is 11.1 Å². The van der Waals surface area contributed by atoms with Crippen molar-refractivity contribution < 1.29 is 14.0 Å². The van der Waals surface area contributed by atoms with E-state index in [1.807, 2.05) is 12.2 Å². The molecule has 162 valence electrons. The molecule has 1 fully saturated rings. The molecule has 1 unspecified atom stereocenters. The number of aryl methyl sites for hydroxylation is 1. The van der Waals surface area contributed by atoms with Crippen LogP contribution in [0.1, 0.15) is 51.4 Å². The minimum atomic E-state index is -0.448. The topological polar surface area (TPSA) is 108 Å². The van der Waals surface area contributed by atoms with E-state index in [1.165, 1.54) is 24.0 Å². The molecule has 1 saturated carbocycles. The number of carbonyl (C=O) groups is 2. The summed E-state index contributed by atoms with van der Waals surface area (Å²) in [6.45, 7) is 1.87. The number of benzene rings is 1.